The third-order valence-corrected chi connectivity index (χ3v) is 6.00. The molecular weight excluding hydrogens is 360 g/mol. The van der Waals surface area contributed by atoms with E-state index in [1.54, 1.807) is 31.2 Å². The van der Waals surface area contributed by atoms with Gasteiger partial charge in [0.1, 0.15) is 6.04 Å². The van der Waals surface area contributed by atoms with Crippen LogP contribution in [-0.4, -0.2) is 26.6 Å². The van der Waals surface area contributed by atoms with E-state index in [9.17, 15) is 13.2 Å². The van der Waals surface area contributed by atoms with Crippen LogP contribution in [0.3, 0.4) is 0 Å². The van der Waals surface area contributed by atoms with Crippen LogP contribution in [0.15, 0.2) is 48.5 Å². The molecular formula is C21H28N2O3S. The van der Waals surface area contributed by atoms with E-state index in [4.69, 9.17) is 0 Å². The van der Waals surface area contributed by atoms with Crippen molar-refractivity contribution >= 4 is 21.6 Å². The normalized spacial score (nSPS) is 13.7. The van der Waals surface area contributed by atoms with Crippen molar-refractivity contribution < 1.29 is 13.2 Å². The van der Waals surface area contributed by atoms with Crippen LogP contribution in [0.25, 0.3) is 0 Å². The first kappa shape index (κ1) is 21.0. The molecule has 0 unspecified atom stereocenters. The summed E-state index contributed by atoms with van der Waals surface area (Å²) in [6, 6.07) is 13.8. The van der Waals surface area contributed by atoms with Crippen LogP contribution in [0, 0.1) is 13.8 Å². The largest absolute Gasteiger partial charge is 0.347 e. The lowest BCUT2D eigenvalue weighted by molar-refractivity contribution is -0.122. The van der Waals surface area contributed by atoms with E-state index in [0.29, 0.717) is 12.1 Å². The monoisotopic (exact) mass is 388 g/mol. The molecule has 1 amide bonds. The molecule has 5 nitrogen and oxygen atoms in total. The lowest BCUT2D eigenvalue weighted by atomic mass is 9.99. The summed E-state index contributed by atoms with van der Waals surface area (Å²) in [6.45, 7) is 7.69. The van der Waals surface area contributed by atoms with E-state index in [1.807, 2.05) is 39.0 Å². The van der Waals surface area contributed by atoms with Crippen molar-refractivity contribution in [1.29, 1.82) is 0 Å². The van der Waals surface area contributed by atoms with Gasteiger partial charge in [0, 0.05) is 0 Å². The van der Waals surface area contributed by atoms with E-state index in [2.05, 4.69) is 11.4 Å². The molecule has 0 saturated heterocycles. The smallest absolute Gasteiger partial charge is 0.244 e. The summed E-state index contributed by atoms with van der Waals surface area (Å²) in [5, 5.41) is 3.01. The van der Waals surface area contributed by atoms with Gasteiger partial charge in [0.05, 0.1) is 18.0 Å². The molecule has 0 radical (unpaired) electrons. The Bertz CT molecular complexity index is 895. The molecule has 0 aliphatic heterocycles. The van der Waals surface area contributed by atoms with E-state index in [-0.39, 0.29) is 11.9 Å². The number of aryl methyl sites for hydroxylation is 2. The number of carbonyl (C=O) groups is 1. The predicted molar refractivity (Wildman–Crippen MR) is 110 cm³/mol. The van der Waals surface area contributed by atoms with Gasteiger partial charge in [0.2, 0.25) is 15.9 Å². The van der Waals surface area contributed by atoms with Crippen LogP contribution in [0.2, 0.25) is 0 Å². The molecule has 0 aromatic heterocycles. The van der Waals surface area contributed by atoms with Gasteiger partial charge in [-0.15, -0.1) is 0 Å². The Balaban J connectivity index is 2.27. The number of carbonyl (C=O) groups excluding carboxylic acids is 1. The topological polar surface area (TPSA) is 66.5 Å². The highest BCUT2D eigenvalue weighted by atomic mass is 32.2. The van der Waals surface area contributed by atoms with Crippen molar-refractivity contribution in [2.75, 3.05) is 10.6 Å². The van der Waals surface area contributed by atoms with Gasteiger partial charge < -0.3 is 5.32 Å². The second-order valence-corrected chi connectivity index (χ2v) is 8.74. The minimum absolute atomic E-state index is 0.170. The van der Waals surface area contributed by atoms with Gasteiger partial charge in [-0.05, 0) is 56.0 Å². The maximum atomic E-state index is 12.9. The van der Waals surface area contributed by atoms with Gasteiger partial charge >= 0.3 is 0 Å². The summed E-state index contributed by atoms with van der Waals surface area (Å²) in [5.41, 5.74) is 3.85. The number of rotatable bonds is 7. The summed E-state index contributed by atoms with van der Waals surface area (Å²) in [4.78, 5) is 12.9. The Hall–Kier alpha value is -2.34. The number of para-hydroxylation sites is 1. The maximum Gasteiger partial charge on any atom is 0.244 e. The molecule has 27 heavy (non-hydrogen) atoms. The summed E-state index contributed by atoms with van der Waals surface area (Å²) < 4.78 is 25.8. The first-order valence-corrected chi connectivity index (χ1v) is 10.9. The van der Waals surface area contributed by atoms with Crippen molar-refractivity contribution in [3.05, 3.63) is 65.2 Å². The fourth-order valence-corrected chi connectivity index (χ4v) is 4.25. The minimum Gasteiger partial charge on any atom is -0.347 e. The first-order chi connectivity index (χ1) is 12.6. The maximum absolute atomic E-state index is 12.9. The van der Waals surface area contributed by atoms with Crippen LogP contribution in [0.5, 0.6) is 0 Å². The van der Waals surface area contributed by atoms with Gasteiger partial charge in [-0.2, -0.15) is 0 Å². The van der Waals surface area contributed by atoms with E-state index < -0.39 is 16.1 Å². The summed E-state index contributed by atoms with van der Waals surface area (Å²) in [7, 11) is -3.61. The van der Waals surface area contributed by atoms with E-state index in [0.717, 1.165) is 21.7 Å². The SMILES string of the molecule is CC[C@@H](NC(=O)[C@H](C)N(c1ccccc1)S(C)(=O)=O)c1ccc(C)c(C)c1. The molecule has 146 valence electrons. The van der Waals surface area contributed by atoms with Gasteiger partial charge in [-0.3, -0.25) is 9.10 Å². The summed E-state index contributed by atoms with van der Waals surface area (Å²) >= 11 is 0. The zero-order valence-electron chi connectivity index (χ0n) is 16.6. The lowest BCUT2D eigenvalue weighted by Crippen LogP contribution is -2.48. The Labute approximate surface area is 162 Å². The van der Waals surface area contributed by atoms with E-state index >= 15 is 0 Å². The highest BCUT2D eigenvalue weighted by Gasteiger charge is 2.30. The molecule has 0 saturated carbocycles. The zero-order valence-corrected chi connectivity index (χ0v) is 17.4. The number of benzene rings is 2. The Morgan fingerprint density at radius 1 is 1.07 bits per heavy atom. The second kappa shape index (κ2) is 8.57. The van der Waals surface area contributed by atoms with Crippen LogP contribution in [0.4, 0.5) is 5.69 Å². The molecule has 0 aliphatic rings. The molecule has 0 spiro atoms. The van der Waals surface area contributed by atoms with Crippen molar-refractivity contribution in [3.63, 3.8) is 0 Å². The highest BCUT2D eigenvalue weighted by Crippen LogP contribution is 2.23. The third-order valence-electron chi connectivity index (χ3n) is 4.76. The average Bonchev–Trinajstić information content (AvgIpc) is 2.61. The van der Waals surface area contributed by atoms with Gasteiger partial charge in [0.25, 0.3) is 0 Å². The Kier molecular flexibility index (Phi) is 6.65. The minimum atomic E-state index is -3.61. The molecule has 2 rings (SSSR count). The number of nitrogens with one attached hydrogen (secondary N) is 1. The average molecular weight is 389 g/mol. The molecule has 6 heteroatoms. The van der Waals surface area contributed by atoms with Crippen LogP contribution >= 0.6 is 0 Å². The number of amides is 1. The van der Waals surface area contributed by atoms with E-state index in [1.165, 1.54) is 5.56 Å². The molecule has 0 aliphatic carbocycles. The van der Waals surface area contributed by atoms with Crippen molar-refractivity contribution in [3.8, 4) is 0 Å². The standard InChI is InChI=1S/C21H28N2O3S/c1-6-20(18-13-12-15(2)16(3)14-18)22-21(24)17(4)23(27(5,25)26)19-10-8-7-9-11-19/h7-14,17,20H,6H2,1-5H3,(H,22,24)/t17-,20+/m0/s1. The quantitative estimate of drug-likeness (QED) is 0.786. The Morgan fingerprint density at radius 3 is 2.22 bits per heavy atom. The highest BCUT2D eigenvalue weighted by molar-refractivity contribution is 7.92. The summed E-state index contributed by atoms with van der Waals surface area (Å²) in [6.07, 6.45) is 1.83. The zero-order chi connectivity index (χ0) is 20.2. The van der Waals surface area contributed by atoms with Crippen molar-refractivity contribution in [2.45, 2.75) is 46.2 Å². The van der Waals surface area contributed by atoms with Gasteiger partial charge in [-0.25, -0.2) is 8.42 Å². The van der Waals surface area contributed by atoms with Crippen LogP contribution < -0.4 is 9.62 Å². The molecule has 0 bridgehead atoms. The van der Waals surface area contributed by atoms with Crippen molar-refractivity contribution in [1.82, 2.24) is 5.32 Å². The molecule has 2 aromatic rings. The fraction of sp³-hybridized carbons (Fsp3) is 0.381. The predicted octanol–water partition coefficient (Wildman–Crippen LogP) is 3.73. The third kappa shape index (κ3) is 5.10. The fourth-order valence-electron chi connectivity index (χ4n) is 3.08. The summed E-state index contributed by atoms with van der Waals surface area (Å²) in [5.74, 6) is -0.325. The number of nitrogens with zero attached hydrogens (tertiary/aromatic N) is 1. The molecule has 1 N–H and O–H groups in total. The molecule has 0 fully saturated rings. The lowest BCUT2D eigenvalue weighted by Gasteiger charge is -2.30. The first-order valence-electron chi connectivity index (χ1n) is 9.07. The van der Waals surface area contributed by atoms with Gasteiger partial charge in [-0.1, -0.05) is 43.3 Å². The molecule has 2 atom stereocenters. The number of hydrogen-bond donors (Lipinski definition) is 1. The van der Waals surface area contributed by atoms with Gasteiger partial charge in [0.15, 0.2) is 0 Å². The Morgan fingerprint density at radius 2 is 1.70 bits per heavy atom. The number of sulfonamides is 1. The molecule has 0 heterocycles. The second-order valence-electron chi connectivity index (χ2n) is 6.88. The van der Waals surface area contributed by atoms with Crippen LogP contribution in [0.1, 0.15) is 43.0 Å². The number of anilines is 1. The van der Waals surface area contributed by atoms with Crippen molar-refractivity contribution in [2.24, 2.45) is 0 Å². The van der Waals surface area contributed by atoms with Crippen LogP contribution in [-0.2, 0) is 14.8 Å². The molecule has 2 aromatic carbocycles. The number of hydrogen-bond acceptors (Lipinski definition) is 3.